The molecule has 1 aromatic heterocycles. The summed E-state index contributed by atoms with van der Waals surface area (Å²) in [5.41, 5.74) is 0.639. The average molecular weight is 201 g/mol. The van der Waals surface area contributed by atoms with E-state index in [0.717, 1.165) is 11.5 Å². The Morgan fingerprint density at radius 2 is 2.38 bits per heavy atom. The lowest BCUT2D eigenvalue weighted by atomic mass is 10.3. The van der Waals surface area contributed by atoms with Gasteiger partial charge in [0.25, 0.3) is 5.91 Å². The Labute approximate surface area is 80.2 Å². The Morgan fingerprint density at radius 3 is 2.85 bits per heavy atom. The molecule has 0 fully saturated rings. The van der Waals surface area contributed by atoms with Crippen molar-refractivity contribution in [3.63, 3.8) is 0 Å². The van der Waals surface area contributed by atoms with Crippen LogP contribution in [0, 0.1) is 6.92 Å². The zero-order chi connectivity index (χ0) is 9.84. The topological polar surface area (TPSA) is 66.3 Å². The van der Waals surface area contributed by atoms with Crippen LogP contribution in [0.2, 0.25) is 0 Å². The fourth-order valence-electron chi connectivity index (χ4n) is 0.853. The molecule has 0 aliphatic rings. The summed E-state index contributed by atoms with van der Waals surface area (Å²) >= 11 is 1.08. The van der Waals surface area contributed by atoms with Gasteiger partial charge in [-0.15, -0.1) is 5.10 Å². The predicted molar refractivity (Wildman–Crippen MR) is 48.7 cm³/mol. The van der Waals surface area contributed by atoms with Crippen molar-refractivity contribution in [3.05, 3.63) is 10.6 Å². The van der Waals surface area contributed by atoms with E-state index in [2.05, 4.69) is 9.59 Å². The van der Waals surface area contributed by atoms with Gasteiger partial charge in [-0.25, -0.2) is 0 Å². The summed E-state index contributed by atoms with van der Waals surface area (Å²) in [5, 5.41) is 12.4. The summed E-state index contributed by atoms with van der Waals surface area (Å²) in [6, 6.07) is 0. The minimum Gasteiger partial charge on any atom is -0.395 e. The molecule has 0 spiro atoms. The fraction of sp³-hybridized carbons (Fsp3) is 0.571. The third kappa shape index (κ3) is 2.22. The van der Waals surface area contributed by atoms with Crippen molar-refractivity contribution >= 4 is 17.4 Å². The van der Waals surface area contributed by atoms with E-state index in [-0.39, 0.29) is 12.5 Å². The molecule has 0 saturated heterocycles. The highest BCUT2D eigenvalue weighted by Crippen LogP contribution is 2.11. The molecule has 0 aromatic carbocycles. The van der Waals surface area contributed by atoms with Crippen LogP contribution in [0.3, 0.4) is 0 Å². The third-order valence-corrected chi connectivity index (χ3v) is 2.44. The van der Waals surface area contributed by atoms with Crippen molar-refractivity contribution in [1.82, 2.24) is 14.5 Å². The quantitative estimate of drug-likeness (QED) is 0.742. The van der Waals surface area contributed by atoms with Gasteiger partial charge in [-0.1, -0.05) is 4.49 Å². The van der Waals surface area contributed by atoms with Crippen molar-refractivity contribution in [2.45, 2.75) is 6.92 Å². The van der Waals surface area contributed by atoms with Gasteiger partial charge in [-0.2, -0.15) is 0 Å². The molecule has 0 radical (unpaired) electrons. The number of aliphatic hydroxyl groups excluding tert-OH is 1. The van der Waals surface area contributed by atoms with Crippen molar-refractivity contribution < 1.29 is 9.90 Å². The van der Waals surface area contributed by atoms with E-state index in [9.17, 15) is 4.79 Å². The van der Waals surface area contributed by atoms with Crippen LogP contribution in [-0.4, -0.2) is 45.7 Å². The van der Waals surface area contributed by atoms with Crippen LogP contribution < -0.4 is 0 Å². The van der Waals surface area contributed by atoms with Crippen molar-refractivity contribution in [3.8, 4) is 0 Å². The molecule has 13 heavy (non-hydrogen) atoms. The summed E-state index contributed by atoms with van der Waals surface area (Å²) < 4.78 is 3.67. The van der Waals surface area contributed by atoms with Crippen LogP contribution in [0.5, 0.6) is 0 Å². The molecule has 1 rings (SSSR count). The number of carbonyl (C=O) groups excluding carboxylic acids is 1. The van der Waals surface area contributed by atoms with Crippen LogP contribution in [0.1, 0.15) is 15.4 Å². The number of rotatable bonds is 3. The van der Waals surface area contributed by atoms with E-state index in [4.69, 9.17) is 5.11 Å². The number of carbonyl (C=O) groups is 1. The van der Waals surface area contributed by atoms with Crippen LogP contribution in [0.15, 0.2) is 0 Å². The number of amides is 1. The molecular formula is C7H11N3O2S. The zero-order valence-electron chi connectivity index (χ0n) is 7.52. The first-order chi connectivity index (χ1) is 6.16. The lowest BCUT2D eigenvalue weighted by Gasteiger charge is -2.13. The lowest BCUT2D eigenvalue weighted by molar-refractivity contribution is 0.0771. The summed E-state index contributed by atoms with van der Waals surface area (Å²) in [6.45, 7) is 2.03. The molecule has 1 N–H and O–H groups in total. The Hall–Kier alpha value is -1.01. The molecule has 0 unspecified atom stereocenters. The van der Waals surface area contributed by atoms with Gasteiger partial charge in [-0.05, 0) is 18.5 Å². The standard InChI is InChI=1S/C7H11N3O2S/c1-5-6(13-9-8-5)7(12)10(2)3-4-11/h11H,3-4H2,1-2H3. The number of hydrogen-bond acceptors (Lipinski definition) is 5. The molecule has 1 amide bonds. The number of likely N-dealkylation sites (N-methyl/N-ethyl adjacent to an activating group) is 1. The van der Waals surface area contributed by atoms with Crippen molar-refractivity contribution in [2.75, 3.05) is 20.2 Å². The first-order valence-electron chi connectivity index (χ1n) is 3.82. The van der Waals surface area contributed by atoms with Crippen LogP contribution in [-0.2, 0) is 0 Å². The van der Waals surface area contributed by atoms with Crippen LogP contribution in [0.4, 0.5) is 0 Å². The molecule has 72 valence electrons. The minimum atomic E-state index is -0.137. The maximum Gasteiger partial charge on any atom is 0.267 e. The van der Waals surface area contributed by atoms with Crippen LogP contribution >= 0.6 is 11.5 Å². The smallest absolute Gasteiger partial charge is 0.267 e. The Bertz CT molecular complexity index is 300. The maximum atomic E-state index is 11.6. The Kier molecular flexibility index (Phi) is 3.32. The second-order valence-electron chi connectivity index (χ2n) is 2.64. The Morgan fingerprint density at radius 1 is 1.69 bits per heavy atom. The van der Waals surface area contributed by atoms with Gasteiger partial charge >= 0.3 is 0 Å². The lowest BCUT2D eigenvalue weighted by Crippen LogP contribution is -2.29. The number of nitrogens with zero attached hydrogens (tertiary/aromatic N) is 3. The van der Waals surface area contributed by atoms with Crippen molar-refractivity contribution in [2.24, 2.45) is 0 Å². The number of aromatic nitrogens is 2. The molecule has 6 heteroatoms. The largest absolute Gasteiger partial charge is 0.395 e. The molecule has 0 saturated carbocycles. The van der Waals surface area contributed by atoms with Gasteiger partial charge in [0.2, 0.25) is 0 Å². The SMILES string of the molecule is Cc1nnsc1C(=O)N(C)CCO. The highest BCUT2D eigenvalue weighted by molar-refractivity contribution is 7.07. The third-order valence-electron chi connectivity index (χ3n) is 1.63. The highest BCUT2D eigenvalue weighted by Gasteiger charge is 2.16. The summed E-state index contributed by atoms with van der Waals surface area (Å²) in [4.78, 5) is 13.5. The van der Waals surface area contributed by atoms with E-state index in [1.807, 2.05) is 0 Å². The summed E-state index contributed by atoms with van der Waals surface area (Å²) in [5.74, 6) is -0.137. The van der Waals surface area contributed by atoms with Gasteiger partial charge < -0.3 is 10.0 Å². The maximum absolute atomic E-state index is 11.6. The molecule has 0 bridgehead atoms. The number of aliphatic hydroxyl groups is 1. The Balaban J connectivity index is 2.73. The van der Waals surface area contributed by atoms with Crippen molar-refractivity contribution in [1.29, 1.82) is 0 Å². The van der Waals surface area contributed by atoms with E-state index in [0.29, 0.717) is 17.1 Å². The second-order valence-corrected chi connectivity index (χ2v) is 3.39. The average Bonchev–Trinajstić information content (AvgIpc) is 2.50. The summed E-state index contributed by atoms with van der Waals surface area (Å²) in [7, 11) is 1.64. The molecule has 5 nitrogen and oxygen atoms in total. The van der Waals surface area contributed by atoms with Gasteiger partial charge in [0.15, 0.2) is 0 Å². The molecular weight excluding hydrogens is 190 g/mol. The molecule has 1 heterocycles. The van der Waals surface area contributed by atoms with Crippen LogP contribution in [0.25, 0.3) is 0 Å². The fourth-order valence-corrected chi connectivity index (χ4v) is 1.50. The first kappa shape index (κ1) is 10.1. The minimum absolute atomic E-state index is 0.0342. The number of aryl methyl sites for hydroxylation is 1. The van der Waals surface area contributed by atoms with E-state index >= 15 is 0 Å². The predicted octanol–water partition coefficient (Wildman–Crippen LogP) is -0.0892. The monoisotopic (exact) mass is 201 g/mol. The van der Waals surface area contributed by atoms with E-state index in [1.165, 1.54) is 4.90 Å². The second kappa shape index (κ2) is 4.29. The summed E-state index contributed by atoms with van der Waals surface area (Å²) in [6.07, 6.45) is 0. The normalized spacial score (nSPS) is 10.1. The van der Waals surface area contributed by atoms with Gasteiger partial charge in [-0.3, -0.25) is 4.79 Å². The number of hydrogen-bond donors (Lipinski definition) is 1. The molecule has 0 aliphatic heterocycles. The molecule has 1 aromatic rings. The molecule has 0 atom stereocenters. The first-order valence-corrected chi connectivity index (χ1v) is 4.59. The zero-order valence-corrected chi connectivity index (χ0v) is 8.34. The van der Waals surface area contributed by atoms with Gasteiger partial charge in [0.05, 0.1) is 12.3 Å². The highest BCUT2D eigenvalue weighted by atomic mass is 32.1. The van der Waals surface area contributed by atoms with E-state index < -0.39 is 0 Å². The molecule has 0 aliphatic carbocycles. The van der Waals surface area contributed by atoms with E-state index in [1.54, 1.807) is 14.0 Å². The van der Waals surface area contributed by atoms with Gasteiger partial charge in [0, 0.05) is 13.6 Å². The van der Waals surface area contributed by atoms with Gasteiger partial charge in [0.1, 0.15) is 4.88 Å².